The van der Waals surface area contributed by atoms with Crippen molar-refractivity contribution in [3.63, 3.8) is 0 Å². The number of aromatic carboxylic acids is 1. The molecule has 1 aromatic heterocycles. The van der Waals surface area contributed by atoms with Crippen LogP contribution in [0.4, 0.5) is 13.2 Å². The van der Waals surface area contributed by atoms with Crippen LogP contribution in [0.5, 0.6) is 0 Å². The van der Waals surface area contributed by atoms with E-state index in [0.29, 0.717) is 25.7 Å². The van der Waals surface area contributed by atoms with Crippen LogP contribution < -0.4 is 0 Å². The van der Waals surface area contributed by atoms with Crippen molar-refractivity contribution in [1.82, 2.24) is 4.98 Å². The highest BCUT2D eigenvalue weighted by molar-refractivity contribution is 5.99. The fraction of sp³-hybridized carbons (Fsp3) is 0.350. The molecular formula is C20H18F3NO3. The van der Waals surface area contributed by atoms with Crippen LogP contribution in [0.2, 0.25) is 0 Å². The average Bonchev–Trinajstić information content (AvgIpc) is 2.67. The number of carboxylic acids is 1. The molecule has 0 spiro atoms. The minimum absolute atomic E-state index is 0.0358. The molecule has 1 aromatic carbocycles. The van der Waals surface area contributed by atoms with E-state index < -0.39 is 29.4 Å². The zero-order valence-corrected chi connectivity index (χ0v) is 14.4. The third-order valence-electron chi connectivity index (χ3n) is 5.07. The van der Waals surface area contributed by atoms with Crippen molar-refractivity contribution < 1.29 is 27.9 Å². The highest BCUT2D eigenvalue weighted by Crippen LogP contribution is 2.39. The molecule has 2 aromatic rings. The van der Waals surface area contributed by atoms with Gasteiger partial charge in [0, 0.05) is 17.7 Å². The lowest BCUT2D eigenvalue weighted by atomic mass is 9.76. The normalized spacial score (nSPS) is 20.3. The Morgan fingerprint density at radius 3 is 2.22 bits per heavy atom. The highest BCUT2D eigenvalue weighted by atomic mass is 19.4. The first-order chi connectivity index (χ1) is 12.8. The SMILES string of the molecule is O=C(O)c1ccc(C2CCC(C(=O)c3ccccc3C(F)(F)F)CC2)cn1. The van der Waals surface area contributed by atoms with Gasteiger partial charge in [-0.2, -0.15) is 13.2 Å². The van der Waals surface area contributed by atoms with Crippen LogP contribution in [0.3, 0.4) is 0 Å². The first-order valence-electron chi connectivity index (χ1n) is 8.67. The number of nitrogens with zero attached hydrogens (tertiary/aromatic N) is 1. The van der Waals surface area contributed by atoms with Crippen molar-refractivity contribution in [1.29, 1.82) is 0 Å². The van der Waals surface area contributed by atoms with Gasteiger partial charge in [-0.3, -0.25) is 4.79 Å². The molecule has 0 amide bonds. The van der Waals surface area contributed by atoms with Gasteiger partial charge in [0.25, 0.3) is 0 Å². The Balaban J connectivity index is 1.69. The van der Waals surface area contributed by atoms with Crippen LogP contribution in [0.1, 0.15) is 63.6 Å². The molecule has 0 bridgehead atoms. The van der Waals surface area contributed by atoms with Crippen LogP contribution in [0.25, 0.3) is 0 Å². The first-order valence-corrected chi connectivity index (χ1v) is 8.67. The van der Waals surface area contributed by atoms with Crippen molar-refractivity contribution >= 4 is 11.8 Å². The summed E-state index contributed by atoms with van der Waals surface area (Å²) < 4.78 is 39.4. The quantitative estimate of drug-likeness (QED) is 0.765. The molecule has 0 atom stereocenters. The van der Waals surface area contributed by atoms with Gasteiger partial charge in [-0.05, 0) is 49.3 Å². The standard InChI is InChI=1S/C20H18F3NO3/c21-20(22,23)16-4-2-1-3-15(16)18(25)13-7-5-12(6-8-13)14-9-10-17(19(26)27)24-11-14/h1-4,9-13H,5-8H2,(H,26,27). The van der Waals surface area contributed by atoms with Crippen LogP contribution in [-0.2, 0) is 6.18 Å². The predicted molar refractivity (Wildman–Crippen MR) is 91.7 cm³/mol. The van der Waals surface area contributed by atoms with E-state index in [1.54, 1.807) is 6.07 Å². The second-order valence-electron chi connectivity index (χ2n) is 6.74. The maximum Gasteiger partial charge on any atom is 0.417 e. The van der Waals surface area contributed by atoms with Gasteiger partial charge in [-0.25, -0.2) is 9.78 Å². The number of carboxylic acid groups (broad SMARTS) is 1. The van der Waals surface area contributed by atoms with Crippen LogP contribution in [0, 0.1) is 5.92 Å². The topological polar surface area (TPSA) is 67.3 Å². The number of ketones is 1. The van der Waals surface area contributed by atoms with Crippen LogP contribution in [0.15, 0.2) is 42.6 Å². The fourth-order valence-corrected chi connectivity index (χ4v) is 3.63. The Labute approximate surface area is 154 Å². The van der Waals surface area contributed by atoms with Crippen molar-refractivity contribution in [2.24, 2.45) is 5.92 Å². The first kappa shape index (κ1) is 19.1. The molecule has 4 nitrogen and oxygen atoms in total. The highest BCUT2D eigenvalue weighted by Gasteiger charge is 2.37. The van der Waals surface area contributed by atoms with Crippen molar-refractivity contribution in [3.05, 3.63) is 65.0 Å². The zero-order chi connectivity index (χ0) is 19.6. The molecule has 7 heteroatoms. The molecule has 0 radical (unpaired) electrons. The number of carbonyl (C=O) groups excluding carboxylic acids is 1. The molecule has 3 rings (SSSR count). The van der Waals surface area contributed by atoms with Crippen LogP contribution >= 0.6 is 0 Å². The minimum Gasteiger partial charge on any atom is -0.477 e. The Kier molecular flexibility index (Phi) is 5.30. The van der Waals surface area contributed by atoms with Gasteiger partial charge >= 0.3 is 12.1 Å². The summed E-state index contributed by atoms with van der Waals surface area (Å²) in [6.07, 6.45) is -0.736. The van der Waals surface area contributed by atoms with E-state index in [0.717, 1.165) is 11.6 Å². The molecule has 1 aliphatic carbocycles. The number of carbonyl (C=O) groups is 2. The van der Waals surface area contributed by atoms with E-state index in [-0.39, 0.29) is 17.2 Å². The van der Waals surface area contributed by atoms with E-state index in [2.05, 4.69) is 4.98 Å². The van der Waals surface area contributed by atoms with Gasteiger partial charge in [-0.1, -0.05) is 24.3 Å². The second-order valence-corrected chi connectivity index (χ2v) is 6.74. The average molecular weight is 377 g/mol. The number of Topliss-reactive ketones (excluding diaryl/α,β-unsaturated/α-hetero) is 1. The summed E-state index contributed by atoms with van der Waals surface area (Å²) in [6, 6.07) is 8.06. The smallest absolute Gasteiger partial charge is 0.417 e. The Bertz CT molecular complexity index is 838. The van der Waals surface area contributed by atoms with E-state index in [1.165, 1.54) is 30.5 Å². The molecule has 142 valence electrons. The van der Waals surface area contributed by atoms with Gasteiger partial charge in [-0.15, -0.1) is 0 Å². The lowest BCUT2D eigenvalue weighted by molar-refractivity contribution is -0.138. The molecule has 27 heavy (non-hydrogen) atoms. The van der Waals surface area contributed by atoms with E-state index in [9.17, 15) is 22.8 Å². The number of hydrogen-bond acceptors (Lipinski definition) is 3. The van der Waals surface area contributed by atoms with E-state index in [4.69, 9.17) is 5.11 Å². The Morgan fingerprint density at radius 2 is 1.67 bits per heavy atom. The summed E-state index contributed by atoms with van der Waals surface area (Å²) in [7, 11) is 0. The summed E-state index contributed by atoms with van der Waals surface area (Å²) in [4.78, 5) is 27.4. The van der Waals surface area contributed by atoms with Gasteiger partial charge in [0.15, 0.2) is 5.78 Å². The number of rotatable bonds is 4. The summed E-state index contributed by atoms with van der Waals surface area (Å²) >= 11 is 0. The summed E-state index contributed by atoms with van der Waals surface area (Å²) in [6.45, 7) is 0. The monoisotopic (exact) mass is 377 g/mol. The van der Waals surface area contributed by atoms with Crippen LogP contribution in [-0.4, -0.2) is 21.8 Å². The molecular weight excluding hydrogens is 359 g/mol. The molecule has 1 aliphatic rings. The number of benzene rings is 1. The van der Waals surface area contributed by atoms with Gasteiger partial charge in [0.05, 0.1) is 5.56 Å². The molecule has 1 fully saturated rings. The van der Waals surface area contributed by atoms with Gasteiger partial charge < -0.3 is 5.11 Å². The summed E-state index contributed by atoms with van der Waals surface area (Å²) in [5.41, 5.74) is -0.292. The van der Waals surface area contributed by atoms with Crippen molar-refractivity contribution in [2.75, 3.05) is 0 Å². The Morgan fingerprint density at radius 1 is 1.00 bits per heavy atom. The number of aromatic nitrogens is 1. The number of alkyl halides is 3. The minimum atomic E-state index is -4.55. The van der Waals surface area contributed by atoms with E-state index >= 15 is 0 Å². The lowest BCUT2D eigenvalue weighted by Crippen LogP contribution is -2.24. The second kappa shape index (κ2) is 7.50. The summed E-state index contributed by atoms with van der Waals surface area (Å²) in [5, 5.41) is 8.89. The molecule has 1 heterocycles. The van der Waals surface area contributed by atoms with Crippen molar-refractivity contribution in [3.8, 4) is 0 Å². The number of halogens is 3. The number of hydrogen-bond donors (Lipinski definition) is 1. The largest absolute Gasteiger partial charge is 0.477 e. The molecule has 0 aliphatic heterocycles. The predicted octanol–water partition coefficient (Wildman–Crippen LogP) is 4.96. The fourth-order valence-electron chi connectivity index (χ4n) is 3.63. The molecule has 1 saturated carbocycles. The number of pyridine rings is 1. The molecule has 0 unspecified atom stereocenters. The van der Waals surface area contributed by atoms with Gasteiger partial charge in [0.1, 0.15) is 5.69 Å². The maximum absolute atomic E-state index is 13.1. The molecule has 1 N–H and O–H groups in total. The lowest BCUT2D eigenvalue weighted by Gasteiger charge is -2.28. The third kappa shape index (κ3) is 4.18. The van der Waals surface area contributed by atoms with Gasteiger partial charge in [0.2, 0.25) is 0 Å². The zero-order valence-electron chi connectivity index (χ0n) is 14.4. The summed E-state index contributed by atoms with van der Waals surface area (Å²) in [5.74, 6) is -1.86. The third-order valence-corrected chi connectivity index (χ3v) is 5.07. The van der Waals surface area contributed by atoms with E-state index in [1.807, 2.05) is 0 Å². The maximum atomic E-state index is 13.1. The Hall–Kier alpha value is -2.70. The van der Waals surface area contributed by atoms with Crippen molar-refractivity contribution in [2.45, 2.75) is 37.8 Å². The molecule has 0 saturated heterocycles.